The number of hydrogen-bond donors (Lipinski definition) is 1. The SMILES string of the molecule is CCNC(Cc1cccc(F)c1)c1ccc(F)c(Cl)c1. The summed E-state index contributed by atoms with van der Waals surface area (Å²) in [5.74, 6) is -0.689. The lowest BCUT2D eigenvalue weighted by atomic mass is 9.98. The minimum Gasteiger partial charge on any atom is -0.310 e. The van der Waals surface area contributed by atoms with Crippen LogP contribution in [-0.2, 0) is 6.42 Å². The highest BCUT2D eigenvalue weighted by Crippen LogP contribution is 2.24. The quantitative estimate of drug-likeness (QED) is 0.855. The van der Waals surface area contributed by atoms with E-state index in [0.717, 1.165) is 17.7 Å². The van der Waals surface area contributed by atoms with E-state index in [4.69, 9.17) is 11.6 Å². The molecule has 0 spiro atoms. The molecule has 0 fully saturated rings. The molecule has 0 aromatic heterocycles. The van der Waals surface area contributed by atoms with Gasteiger partial charge in [0.2, 0.25) is 0 Å². The van der Waals surface area contributed by atoms with Crippen LogP contribution >= 0.6 is 11.6 Å². The molecule has 0 aliphatic heterocycles. The first-order valence-electron chi connectivity index (χ1n) is 6.53. The van der Waals surface area contributed by atoms with Gasteiger partial charge in [0.25, 0.3) is 0 Å². The van der Waals surface area contributed by atoms with Crippen molar-refractivity contribution in [1.29, 1.82) is 0 Å². The molecule has 1 N–H and O–H groups in total. The lowest BCUT2D eigenvalue weighted by Gasteiger charge is -2.19. The molecule has 0 saturated heterocycles. The van der Waals surface area contributed by atoms with Crippen molar-refractivity contribution in [2.24, 2.45) is 0 Å². The molecule has 0 bridgehead atoms. The summed E-state index contributed by atoms with van der Waals surface area (Å²) in [6.45, 7) is 2.75. The van der Waals surface area contributed by atoms with Crippen molar-refractivity contribution in [2.75, 3.05) is 6.54 Å². The fraction of sp³-hybridized carbons (Fsp3) is 0.250. The minimum atomic E-state index is -0.434. The molecule has 0 saturated carbocycles. The van der Waals surface area contributed by atoms with Gasteiger partial charge in [0.1, 0.15) is 11.6 Å². The van der Waals surface area contributed by atoms with E-state index in [9.17, 15) is 8.78 Å². The topological polar surface area (TPSA) is 12.0 Å². The molecule has 4 heteroatoms. The summed E-state index contributed by atoms with van der Waals surface area (Å²) in [5, 5.41) is 3.41. The lowest BCUT2D eigenvalue weighted by Crippen LogP contribution is -2.23. The summed E-state index contributed by atoms with van der Waals surface area (Å²) in [4.78, 5) is 0. The van der Waals surface area contributed by atoms with Gasteiger partial charge in [-0.15, -0.1) is 0 Å². The zero-order valence-electron chi connectivity index (χ0n) is 11.2. The second-order valence-corrected chi connectivity index (χ2v) is 5.03. The standard InChI is InChI=1S/C16H16ClF2N/c1-2-20-16(9-11-4-3-5-13(18)8-11)12-6-7-15(19)14(17)10-12/h3-8,10,16,20H,2,9H2,1H3. The van der Waals surface area contributed by atoms with E-state index >= 15 is 0 Å². The smallest absolute Gasteiger partial charge is 0.141 e. The Balaban J connectivity index is 2.24. The first-order chi connectivity index (χ1) is 9.60. The maximum atomic E-state index is 13.2. The normalized spacial score (nSPS) is 12.4. The first kappa shape index (κ1) is 14.9. The fourth-order valence-electron chi connectivity index (χ4n) is 2.18. The number of likely N-dealkylation sites (N-methyl/N-ethyl adjacent to an activating group) is 1. The summed E-state index contributed by atoms with van der Waals surface area (Å²) >= 11 is 5.82. The van der Waals surface area contributed by atoms with E-state index in [1.165, 1.54) is 18.2 Å². The first-order valence-corrected chi connectivity index (χ1v) is 6.90. The molecule has 0 radical (unpaired) electrons. The van der Waals surface area contributed by atoms with Gasteiger partial charge in [0, 0.05) is 6.04 Å². The summed E-state index contributed by atoms with van der Waals surface area (Å²) in [7, 11) is 0. The van der Waals surface area contributed by atoms with Gasteiger partial charge < -0.3 is 5.32 Å². The largest absolute Gasteiger partial charge is 0.310 e. The summed E-state index contributed by atoms with van der Waals surface area (Å²) < 4.78 is 26.5. The van der Waals surface area contributed by atoms with Gasteiger partial charge in [-0.1, -0.05) is 36.7 Å². The summed E-state index contributed by atoms with van der Waals surface area (Å²) in [5.41, 5.74) is 1.78. The number of rotatable bonds is 5. The van der Waals surface area contributed by atoms with Crippen LogP contribution in [0.15, 0.2) is 42.5 Å². The van der Waals surface area contributed by atoms with E-state index in [0.29, 0.717) is 6.42 Å². The van der Waals surface area contributed by atoms with E-state index in [2.05, 4.69) is 5.32 Å². The van der Waals surface area contributed by atoms with Gasteiger partial charge >= 0.3 is 0 Å². The number of nitrogens with one attached hydrogen (secondary N) is 1. The van der Waals surface area contributed by atoms with Gasteiger partial charge in [-0.25, -0.2) is 8.78 Å². The number of benzene rings is 2. The van der Waals surface area contributed by atoms with Gasteiger partial charge in [0.15, 0.2) is 0 Å². The molecule has 1 unspecified atom stereocenters. The van der Waals surface area contributed by atoms with E-state index in [1.54, 1.807) is 18.2 Å². The van der Waals surface area contributed by atoms with Crippen molar-refractivity contribution in [3.05, 3.63) is 70.2 Å². The second kappa shape index (κ2) is 6.82. The molecule has 20 heavy (non-hydrogen) atoms. The minimum absolute atomic E-state index is 0.0279. The lowest BCUT2D eigenvalue weighted by molar-refractivity contribution is 0.544. The van der Waals surface area contributed by atoms with Crippen LogP contribution in [0.4, 0.5) is 8.78 Å². The van der Waals surface area contributed by atoms with Crippen LogP contribution in [0.1, 0.15) is 24.1 Å². The Morgan fingerprint density at radius 3 is 2.60 bits per heavy atom. The molecule has 1 atom stereocenters. The third-order valence-electron chi connectivity index (χ3n) is 3.13. The Labute approximate surface area is 122 Å². The Bertz CT molecular complexity index is 586. The van der Waals surface area contributed by atoms with Crippen molar-refractivity contribution >= 4 is 11.6 Å². The number of hydrogen-bond acceptors (Lipinski definition) is 1. The van der Waals surface area contributed by atoms with Crippen LogP contribution in [-0.4, -0.2) is 6.54 Å². The van der Waals surface area contributed by atoms with Crippen LogP contribution in [0.25, 0.3) is 0 Å². The predicted octanol–water partition coefficient (Wildman–Crippen LogP) is 4.51. The highest BCUT2D eigenvalue weighted by Gasteiger charge is 2.13. The number of halogens is 3. The van der Waals surface area contributed by atoms with Crippen molar-refractivity contribution in [3.8, 4) is 0 Å². The Hall–Kier alpha value is -1.45. The molecule has 106 valence electrons. The van der Waals surface area contributed by atoms with Crippen LogP contribution in [0.3, 0.4) is 0 Å². The maximum Gasteiger partial charge on any atom is 0.141 e. The second-order valence-electron chi connectivity index (χ2n) is 4.62. The molecule has 0 aliphatic rings. The van der Waals surface area contributed by atoms with Gasteiger partial charge in [-0.05, 0) is 48.4 Å². The summed E-state index contributed by atoms with van der Waals surface area (Å²) in [6.07, 6.45) is 0.619. The highest BCUT2D eigenvalue weighted by molar-refractivity contribution is 6.30. The van der Waals surface area contributed by atoms with Crippen molar-refractivity contribution in [1.82, 2.24) is 5.32 Å². The predicted molar refractivity (Wildman–Crippen MR) is 77.9 cm³/mol. The molecular formula is C16H16ClF2N. The van der Waals surface area contributed by atoms with Crippen molar-refractivity contribution in [3.63, 3.8) is 0 Å². The Morgan fingerprint density at radius 2 is 1.95 bits per heavy atom. The van der Waals surface area contributed by atoms with Gasteiger partial charge in [-0.3, -0.25) is 0 Å². The molecule has 0 aliphatic carbocycles. The van der Waals surface area contributed by atoms with Gasteiger partial charge in [0.05, 0.1) is 5.02 Å². The van der Waals surface area contributed by atoms with E-state index in [-0.39, 0.29) is 16.9 Å². The van der Waals surface area contributed by atoms with Crippen LogP contribution in [0, 0.1) is 11.6 Å². The molecule has 0 amide bonds. The Morgan fingerprint density at radius 1 is 1.15 bits per heavy atom. The molecule has 2 aromatic carbocycles. The molecular weight excluding hydrogens is 280 g/mol. The zero-order chi connectivity index (χ0) is 14.5. The maximum absolute atomic E-state index is 13.2. The monoisotopic (exact) mass is 295 g/mol. The third-order valence-corrected chi connectivity index (χ3v) is 3.42. The zero-order valence-corrected chi connectivity index (χ0v) is 11.9. The Kier molecular flexibility index (Phi) is 5.10. The van der Waals surface area contributed by atoms with Crippen molar-refractivity contribution in [2.45, 2.75) is 19.4 Å². The molecule has 2 aromatic rings. The summed E-state index contributed by atoms with van der Waals surface area (Å²) in [6, 6.07) is 11.1. The fourth-order valence-corrected chi connectivity index (χ4v) is 2.37. The van der Waals surface area contributed by atoms with E-state index in [1.807, 2.05) is 13.0 Å². The van der Waals surface area contributed by atoms with Crippen molar-refractivity contribution < 1.29 is 8.78 Å². The average Bonchev–Trinajstić information content (AvgIpc) is 2.41. The van der Waals surface area contributed by atoms with Gasteiger partial charge in [-0.2, -0.15) is 0 Å². The molecule has 2 rings (SSSR count). The average molecular weight is 296 g/mol. The third kappa shape index (κ3) is 3.78. The highest BCUT2D eigenvalue weighted by atomic mass is 35.5. The van der Waals surface area contributed by atoms with Crippen LogP contribution in [0.2, 0.25) is 5.02 Å². The van der Waals surface area contributed by atoms with Crippen LogP contribution < -0.4 is 5.32 Å². The van der Waals surface area contributed by atoms with Crippen LogP contribution in [0.5, 0.6) is 0 Å². The van der Waals surface area contributed by atoms with E-state index < -0.39 is 5.82 Å². The molecule has 0 heterocycles. The molecule has 1 nitrogen and oxygen atoms in total.